The standard InChI is InChI=1S/C21H20N4O4/c1-23(2)10-3-11-29-19-8-9-20-15(13-19)12-16(14-22)21(26)24(20)17-4-6-18(7-5-17)25(27)28/h4-9,12-13H,3,10-11H2,1-2H3. The molecule has 0 spiro atoms. The Labute approximate surface area is 167 Å². The molecule has 8 nitrogen and oxygen atoms in total. The van der Waals surface area contributed by atoms with Crippen LogP contribution in [0.5, 0.6) is 5.75 Å². The Morgan fingerprint density at radius 3 is 2.52 bits per heavy atom. The van der Waals surface area contributed by atoms with E-state index < -0.39 is 10.5 Å². The second-order valence-electron chi connectivity index (χ2n) is 6.81. The summed E-state index contributed by atoms with van der Waals surface area (Å²) in [5.74, 6) is 0.647. The maximum Gasteiger partial charge on any atom is 0.273 e. The van der Waals surface area contributed by atoms with E-state index in [2.05, 4.69) is 4.90 Å². The quantitative estimate of drug-likeness (QED) is 0.348. The van der Waals surface area contributed by atoms with Crippen LogP contribution in [0.4, 0.5) is 5.69 Å². The van der Waals surface area contributed by atoms with E-state index in [1.165, 1.54) is 34.9 Å². The summed E-state index contributed by atoms with van der Waals surface area (Å²) in [6.07, 6.45) is 0.872. The van der Waals surface area contributed by atoms with Crippen LogP contribution in [-0.4, -0.2) is 41.6 Å². The number of non-ortho nitro benzene ring substituents is 1. The van der Waals surface area contributed by atoms with Gasteiger partial charge in [-0.05, 0) is 56.9 Å². The van der Waals surface area contributed by atoms with Gasteiger partial charge in [-0.1, -0.05) is 0 Å². The molecule has 0 unspecified atom stereocenters. The number of aromatic nitrogens is 1. The van der Waals surface area contributed by atoms with E-state index in [0.29, 0.717) is 28.9 Å². The molecule has 1 heterocycles. The van der Waals surface area contributed by atoms with Crippen LogP contribution in [0.1, 0.15) is 12.0 Å². The summed E-state index contributed by atoms with van der Waals surface area (Å²) in [6.45, 7) is 1.46. The average molecular weight is 392 g/mol. The molecular weight excluding hydrogens is 372 g/mol. The molecule has 0 fully saturated rings. The topological polar surface area (TPSA) is 101 Å². The summed E-state index contributed by atoms with van der Waals surface area (Å²) in [4.78, 5) is 25.2. The molecule has 3 aromatic rings. The molecule has 3 rings (SSSR count). The molecule has 1 aromatic heterocycles. The summed E-state index contributed by atoms with van der Waals surface area (Å²) in [5, 5.41) is 20.9. The smallest absolute Gasteiger partial charge is 0.273 e. The average Bonchev–Trinajstić information content (AvgIpc) is 2.70. The van der Waals surface area contributed by atoms with E-state index in [1.54, 1.807) is 18.2 Å². The third kappa shape index (κ3) is 4.42. The highest BCUT2D eigenvalue weighted by molar-refractivity contribution is 5.83. The molecule has 0 aliphatic rings. The number of hydrogen-bond donors (Lipinski definition) is 0. The molecule has 0 N–H and O–H groups in total. The Bertz CT molecular complexity index is 1140. The SMILES string of the molecule is CN(C)CCCOc1ccc2c(c1)cc(C#N)c(=O)n2-c1ccc([N+](=O)[O-])cc1. The predicted molar refractivity (Wildman–Crippen MR) is 110 cm³/mol. The molecule has 0 atom stereocenters. The van der Waals surface area contributed by atoms with E-state index in [4.69, 9.17) is 4.74 Å². The van der Waals surface area contributed by atoms with Crippen molar-refractivity contribution in [2.45, 2.75) is 6.42 Å². The Kier molecular flexibility index (Phi) is 5.90. The molecule has 8 heteroatoms. The largest absolute Gasteiger partial charge is 0.494 e. The van der Waals surface area contributed by atoms with Gasteiger partial charge in [0.25, 0.3) is 11.2 Å². The lowest BCUT2D eigenvalue weighted by molar-refractivity contribution is -0.384. The summed E-state index contributed by atoms with van der Waals surface area (Å²) >= 11 is 0. The minimum Gasteiger partial charge on any atom is -0.494 e. The Morgan fingerprint density at radius 1 is 1.17 bits per heavy atom. The zero-order chi connectivity index (χ0) is 21.0. The van der Waals surface area contributed by atoms with Crippen molar-refractivity contribution in [1.29, 1.82) is 5.26 Å². The summed E-state index contributed by atoms with van der Waals surface area (Å²) < 4.78 is 7.17. The zero-order valence-corrected chi connectivity index (χ0v) is 16.2. The van der Waals surface area contributed by atoms with Crippen molar-refractivity contribution in [3.05, 3.63) is 74.6 Å². The van der Waals surface area contributed by atoms with E-state index in [0.717, 1.165) is 13.0 Å². The van der Waals surface area contributed by atoms with Crippen molar-refractivity contribution in [3.8, 4) is 17.5 Å². The van der Waals surface area contributed by atoms with Crippen molar-refractivity contribution in [1.82, 2.24) is 9.47 Å². The number of rotatable bonds is 7. The lowest BCUT2D eigenvalue weighted by Gasteiger charge is -2.13. The fraction of sp³-hybridized carbons (Fsp3) is 0.238. The number of hydrogen-bond acceptors (Lipinski definition) is 6. The summed E-state index contributed by atoms with van der Waals surface area (Å²) in [6, 6.07) is 14.4. The van der Waals surface area contributed by atoms with Crippen LogP contribution in [-0.2, 0) is 0 Å². The number of nitriles is 1. The van der Waals surface area contributed by atoms with Crippen molar-refractivity contribution in [2.24, 2.45) is 0 Å². The van der Waals surface area contributed by atoms with Crippen molar-refractivity contribution in [3.63, 3.8) is 0 Å². The van der Waals surface area contributed by atoms with Crippen LogP contribution in [0.25, 0.3) is 16.6 Å². The van der Waals surface area contributed by atoms with E-state index in [1.807, 2.05) is 20.2 Å². The number of nitro groups is 1. The van der Waals surface area contributed by atoms with E-state index in [9.17, 15) is 20.2 Å². The highest BCUT2D eigenvalue weighted by Gasteiger charge is 2.13. The van der Waals surface area contributed by atoms with Gasteiger partial charge in [-0.15, -0.1) is 0 Å². The molecule has 0 bridgehead atoms. The van der Waals surface area contributed by atoms with Crippen LogP contribution in [0.3, 0.4) is 0 Å². The van der Waals surface area contributed by atoms with E-state index >= 15 is 0 Å². The van der Waals surface area contributed by atoms with Gasteiger partial charge in [0, 0.05) is 29.8 Å². The van der Waals surface area contributed by atoms with Crippen LogP contribution in [0.2, 0.25) is 0 Å². The fourth-order valence-electron chi connectivity index (χ4n) is 3.02. The number of nitro benzene ring substituents is 1. The van der Waals surface area contributed by atoms with Gasteiger partial charge >= 0.3 is 0 Å². The molecule has 0 amide bonds. The first kappa shape index (κ1) is 20.0. The van der Waals surface area contributed by atoms with Gasteiger partial charge in [0.2, 0.25) is 0 Å². The number of fused-ring (bicyclic) bond motifs is 1. The molecule has 0 saturated heterocycles. The van der Waals surface area contributed by atoms with Gasteiger partial charge < -0.3 is 9.64 Å². The van der Waals surface area contributed by atoms with Gasteiger partial charge in [-0.25, -0.2) is 0 Å². The highest BCUT2D eigenvalue weighted by atomic mass is 16.6. The summed E-state index contributed by atoms with van der Waals surface area (Å²) in [7, 11) is 3.99. The van der Waals surface area contributed by atoms with E-state index in [-0.39, 0.29) is 11.3 Å². The van der Waals surface area contributed by atoms with Crippen LogP contribution in [0, 0.1) is 21.4 Å². The van der Waals surface area contributed by atoms with Crippen LogP contribution in [0.15, 0.2) is 53.3 Å². The lowest BCUT2D eigenvalue weighted by Crippen LogP contribution is -2.21. The maximum atomic E-state index is 12.8. The predicted octanol–water partition coefficient (Wildman–Crippen LogP) is 3.10. The Hall–Kier alpha value is -3.70. The van der Waals surface area contributed by atoms with Gasteiger partial charge in [0.05, 0.1) is 17.0 Å². The minimum absolute atomic E-state index is 0.0133. The summed E-state index contributed by atoms with van der Waals surface area (Å²) in [5.41, 5.74) is 0.468. The van der Waals surface area contributed by atoms with Crippen molar-refractivity contribution in [2.75, 3.05) is 27.2 Å². The second kappa shape index (κ2) is 8.54. The number of benzene rings is 2. The Balaban J connectivity index is 2.02. The van der Waals surface area contributed by atoms with Gasteiger partial charge in [0.1, 0.15) is 17.4 Å². The fourth-order valence-corrected chi connectivity index (χ4v) is 3.02. The van der Waals surface area contributed by atoms with Gasteiger partial charge in [0.15, 0.2) is 0 Å². The normalized spacial score (nSPS) is 10.8. The first-order chi connectivity index (χ1) is 13.9. The first-order valence-corrected chi connectivity index (χ1v) is 9.03. The number of nitrogens with zero attached hydrogens (tertiary/aromatic N) is 4. The van der Waals surface area contributed by atoms with Crippen molar-refractivity contribution >= 4 is 16.6 Å². The lowest BCUT2D eigenvalue weighted by atomic mass is 10.1. The number of pyridine rings is 1. The van der Waals surface area contributed by atoms with Crippen LogP contribution < -0.4 is 10.3 Å². The zero-order valence-electron chi connectivity index (χ0n) is 16.2. The molecule has 0 saturated carbocycles. The molecule has 0 aliphatic carbocycles. The second-order valence-corrected chi connectivity index (χ2v) is 6.81. The van der Waals surface area contributed by atoms with Crippen LogP contribution >= 0.6 is 0 Å². The molecule has 2 aromatic carbocycles. The van der Waals surface area contributed by atoms with Gasteiger partial charge in [-0.3, -0.25) is 19.5 Å². The third-order valence-electron chi connectivity index (χ3n) is 4.43. The molecule has 0 radical (unpaired) electrons. The maximum absolute atomic E-state index is 12.8. The Morgan fingerprint density at radius 2 is 1.90 bits per heavy atom. The van der Waals surface area contributed by atoms with Gasteiger partial charge in [-0.2, -0.15) is 5.26 Å². The molecular formula is C21H20N4O4. The third-order valence-corrected chi connectivity index (χ3v) is 4.43. The number of ether oxygens (including phenoxy) is 1. The monoisotopic (exact) mass is 392 g/mol. The molecule has 0 aliphatic heterocycles. The molecule has 29 heavy (non-hydrogen) atoms. The first-order valence-electron chi connectivity index (χ1n) is 9.03. The molecule has 148 valence electrons. The highest BCUT2D eigenvalue weighted by Crippen LogP contribution is 2.24. The minimum atomic E-state index is -0.504. The van der Waals surface area contributed by atoms with Crippen molar-refractivity contribution < 1.29 is 9.66 Å².